The Morgan fingerprint density at radius 1 is 2.00 bits per heavy atom. The van der Waals surface area contributed by atoms with Crippen molar-refractivity contribution in [3.8, 4) is 0 Å². The zero-order valence-electron chi connectivity index (χ0n) is 3.64. The Kier molecular flexibility index (Phi) is 3.23. The lowest BCUT2D eigenvalue weighted by Crippen LogP contribution is -1.87. The predicted octanol–water partition coefficient (Wildman–Crippen LogP) is 1.06. The number of ketones is 1. The average Bonchev–Trinajstić information content (AvgIpc) is 1.65. The zero-order valence-corrected chi connectivity index (χ0v) is 4.53. The van der Waals surface area contributed by atoms with E-state index in [9.17, 15) is 4.79 Å². The van der Waals surface area contributed by atoms with E-state index in [4.69, 9.17) is 0 Å². The van der Waals surface area contributed by atoms with E-state index in [1.54, 1.807) is 6.92 Å². The Morgan fingerprint density at radius 2 is 2.50 bits per heavy atom. The number of hydrogen-bond acceptors (Lipinski definition) is 2. The minimum Gasteiger partial charge on any atom is -0.298 e. The minimum atomic E-state index is 0.0818. The van der Waals surface area contributed by atoms with Crippen LogP contribution in [0.2, 0.25) is 0 Å². The van der Waals surface area contributed by atoms with Gasteiger partial charge in [0, 0.05) is 6.42 Å². The molecule has 0 saturated heterocycles. The van der Waals surface area contributed by atoms with Crippen molar-refractivity contribution in [1.29, 1.82) is 0 Å². The first kappa shape index (κ1) is 6.02. The van der Waals surface area contributed by atoms with Crippen LogP contribution in [-0.4, -0.2) is 5.78 Å². The van der Waals surface area contributed by atoms with Gasteiger partial charge in [0.25, 0.3) is 0 Å². The summed E-state index contributed by atoms with van der Waals surface area (Å²) in [7, 11) is 0. The molecular formula is C4H7OS. The summed E-state index contributed by atoms with van der Waals surface area (Å²) in [4.78, 5) is 10.0. The van der Waals surface area contributed by atoms with Crippen LogP contribution >= 0.6 is 12.6 Å². The third-order valence-electron chi connectivity index (χ3n) is 0.492. The molecule has 1 nitrogen and oxygen atoms in total. The molecule has 0 aliphatic rings. The topological polar surface area (TPSA) is 17.1 Å². The standard InChI is InChI=1S/C4H7OS/c1-2-4(5)3-6/h3,6H,2H2,1H3. The fourth-order valence-corrected chi connectivity index (χ4v) is 0.274. The van der Waals surface area contributed by atoms with Crippen LogP contribution in [-0.2, 0) is 4.79 Å². The molecule has 0 atom stereocenters. The molecule has 1 radical (unpaired) electrons. The van der Waals surface area contributed by atoms with Gasteiger partial charge in [0.2, 0.25) is 0 Å². The summed E-state index contributed by atoms with van der Waals surface area (Å²) < 4.78 is 0. The summed E-state index contributed by atoms with van der Waals surface area (Å²) in [6.07, 6.45) is 0.559. The van der Waals surface area contributed by atoms with E-state index in [0.717, 1.165) is 0 Å². The van der Waals surface area contributed by atoms with Crippen LogP contribution in [0.5, 0.6) is 0 Å². The number of rotatable bonds is 2. The molecule has 0 unspecified atom stereocenters. The summed E-state index contributed by atoms with van der Waals surface area (Å²) in [5, 5.41) is 0. The van der Waals surface area contributed by atoms with Gasteiger partial charge in [0.1, 0.15) is 5.78 Å². The quantitative estimate of drug-likeness (QED) is 0.517. The van der Waals surface area contributed by atoms with Gasteiger partial charge >= 0.3 is 0 Å². The number of hydrogen-bond donors (Lipinski definition) is 1. The van der Waals surface area contributed by atoms with Crippen LogP contribution in [0, 0.1) is 5.75 Å². The Morgan fingerprint density at radius 3 is 2.50 bits per heavy atom. The Labute approximate surface area is 43.2 Å². The maximum Gasteiger partial charge on any atom is 0.146 e. The van der Waals surface area contributed by atoms with Gasteiger partial charge in [0.15, 0.2) is 0 Å². The molecule has 0 aliphatic heterocycles. The summed E-state index contributed by atoms with van der Waals surface area (Å²) >= 11 is 3.62. The maximum absolute atomic E-state index is 10.0. The van der Waals surface area contributed by atoms with Gasteiger partial charge in [-0.1, -0.05) is 6.92 Å². The second-order valence-corrected chi connectivity index (χ2v) is 1.21. The summed E-state index contributed by atoms with van der Waals surface area (Å²) in [5.74, 6) is 1.36. The molecule has 2 heteroatoms. The first-order valence-electron chi connectivity index (χ1n) is 1.81. The van der Waals surface area contributed by atoms with Crippen molar-refractivity contribution in [2.75, 3.05) is 0 Å². The van der Waals surface area contributed by atoms with Gasteiger partial charge in [0.05, 0.1) is 5.75 Å². The summed E-state index contributed by atoms with van der Waals surface area (Å²) in [6, 6.07) is 0. The molecule has 0 bridgehead atoms. The third kappa shape index (κ3) is 2.27. The molecule has 0 spiro atoms. The molecule has 0 rings (SSSR count). The fraction of sp³-hybridized carbons (Fsp3) is 0.500. The highest BCUT2D eigenvalue weighted by atomic mass is 32.1. The fourth-order valence-electron chi connectivity index (χ4n) is 0.0913. The van der Waals surface area contributed by atoms with E-state index in [0.29, 0.717) is 6.42 Å². The van der Waals surface area contributed by atoms with E-state index in [1.807, 2.05) is 0 Å². The van der Waals surface area contributed by atoms with Gasteiger partial charge in [-0.15, -0.1) is 0 Å². The van der Waals surface area contributed by atoms with Crippen LogP contribution in [0.4, 0.5) is 0 Å². The Bertz CT molecular complexity index is 45.5. The maximum atomic E-state index is 10.0. The minimum absolute atomic E-state index is 0.0818. The summed E-state index contributed by atoms with van der Waals surface area (Å²) in [6.45, 7) is 1.80. The van der Waals surface area contributed by atoms with Crippen molar-refractivity contribution in [1.82, 2.24) is 0 Å². The smallest absolute Gasteiger partial charge is 0.146 e. The first-order valence-corrected chi connectivity index (χ1v) is 2.33. The van der Waals surface area contributed by atoms with Gasteiger partial charge < -0.3 is 0 Å². The molecule has 0 amide bonds. The molecular weight excluding hydrogens is 96.1 g/mol. The molecule has 0 aromatic heterocycles. The van der Waals surface area contributed by atoms with E-state index in [2.05, 4.69) is 12.6 Å². The Balaban J connectivity index is 2.99. The number of carbonyl (C=O) groups excluding carboxylic acids is 1. The molecule has 6 heavy (non-hydrogen) atoms. The Hall–Kier alpha value is 0.0200. The number of carbonyl (C=O) groups is 1. The van der Waals surface area contributed by atoms with Crippen molar-refractivity contribution >= 4 is 18.4 Å². The van der Waals surface area contributed by atoms with Crippen LogP contribution in [0.1, 0.15) is 13.3 Å². The lowest BCUT2D eigenvalue weighted by molar-refractivity contribution is -0.114. The highest BCUT2D eigenvalue weighted by Gasteiger charge is 1.88. The first-order chi connectivity index (χ1) is 2.81. The normalized spacial score (nSPS) is 8.33. The van der Waals surface area contributed by atoms with Gasteiger partial charge in [-0.3, -0.25) is 4.79 Å². The third-order valence-corrected chi connectivity index (χ3v) is 0.780. The molecule has 35 valence electrons. The molecule has 0 fully saturated rings. The van der Waals surface area contributed by atoms with Crippen LogP contribution < -0.4 is 0 Å². The summed E-state index contributed by atoms with van der Waals surface area (Å²) in [5.41, 5.74) is 0. The van der Waals surface area contributed by atoms with Gasteiger partial charge in [-0.05, 0) is 0 Å². The van der Waals surface area contributed by atoms with Gasteiger partial charge in [-0.25, -0.2) is 0 Å². The van der Waals surface area contributed by atoms with E-state index >= 15 is 0 Å². The lowest BCUT2D eigenvalue weighted by atomic mass is 10.4. The second kappa shape index (κ2) is 3.22. The van der Waals surface area contributed by atoms with Gasteiger partial charge in [-0.2, -0.15) is 12.6 Å². The predicted molar refractivity (Wildman–Crippen MR) is 28.6 cm³/mol. The van der Waals surface area contributed by atoms with E-state index in [1.165, 1.54) is 5.75 Å². The van der Waals surface area contributed by atoms with Crippen molar-refractivity contribution in [2.24, 2.45) is 0 Å². The van der Waals surface area contributed by atoms with Crippen LogP contribution in [0.25, 0.3) is 0 Å². The molecule has 0 saturated carbocycles. The van der Waals surface area contributed by atoms with E-state index in [-0.39, 0.29) is 5.78 Å². The van der Waals surface area contributed by atoms with Crippen molar-refractivity contribution in [2.45, 2.75) is 13.3 Å². The average molecular weight is 103 g/mol. The largest absolute Gasteiger partial charge is 0.298 e. The van der Waals surface area contributed by atoms with Crippen molar-refractivity contribution in [3.63, 3.8) is 0 Å². The van der Waals surface area contributed by atoms with Crippen LogP contribution in [0.15, 0.2) is 0 Å². The molecule has 0 aliphatic carbocycles. The molecule has 0 aromatic rings. The highest BCUT2D eigenvalue weighted by Crippen LogP contribution is 1.87. The van der Waals surface area contributed by atoms with Crippen LogP contribution in [0.3, 0.4) is 0 Å². The molecule has 0 N–H and O–H groups in total. The SMILES string of the molecule is CCC(=O)[CH]S. The van der Waals surface area contributed by atoms with Crippen molar-refractivity contribution in [3.05, 3.63) is 5.75 Å². The van der Waals surface area contributed by atoms with E-state index < -0.39 is 0 Å². The number of Topliss-reactive ketones (excluding diaryl/α,β-unsaturated/α-hetero) is 1. The van der Waals surface area contributed by atoms with Crippen molar-refractivity contribution < 1.29 is 4.79 Å². The highest BCUT2D eigenvalue weighted by molar-refractivity contribution is 7.83. The number of thiol groups is 1. The molecule has 0 heterocycles. The molecule has 0 aromatic carbocycles. The lowest BCUT2D eigenvalue weighted by Gasteiger charge is -1.80. The monoisotopic (exact) mass is 103 g/mol. The second-order valence-electron chi connectivity index (χ2n) is 0.949. The zero-order chi connectivity index (χ0) is 4.99.